The number of hydrogen-bond donors (Lipinski definition) is 2. The smallest absolute Gasteiger partial charge is 0.306 e. The molecule has 1 fully saturated rings. The van der Waals surface area contributed by atoms with Crippen LogP contribution in [0.25, 0.3) is 0 Å². The van der Waals surface area contributed by atoms with Gasteiger partial charge >= 0.3 is 5.97 Å². The molecule has 0 saturated heterocycles. The van der Waals surface area contributed by atoms with Crippen molar-refractivity contribution in [2.24, 2.45) is 24.3 Å². The average molecular weight is 321 g/mol. The van der Waals surface area contributed by atoms with Crippen LogP contribution in [-0.4, -0.2) is 26.8 Å². The predicted octanol–water partition coefficient (Wildman–Crippen LogP) is 2.51. The molecule has 6 nitrogen and oxygen atoms in total. The molecule has 2 N–H and O–H groups in total. The lowest BCUT2D eigenvalue weighted by molar-refractivity contribution is -0.144. The SMILES string of the molecule is Cn1cc(C(NC(=O)C2CCC(C(=O)O)CC2)C(C)(C)C)cn1. The van der Waals surface area contributed by atoms with Crippen molar-refractivity contribution in [3.05, 3.63) is 18.0 Å². The zero-order chi connectivity index (χ0) is 17.2. The summed E-state index contributed by atoms with van der Waals surface area (Å²) in [4.78, 5) is 23.6. The summed E-state index contributed by atoms with van der Waals surface area (Å²) in [7, 11) is 1.86. The maximum atomic E-state index is 12.6. The average Bonchev–Trinajstić information content (AvgIpc) is 2.89. The first-order chi connectivity index (χ1) is 10.7. The number of rotatable bonds is 4. The first-order valence-electron chi connectivity index (χ1n) is 8.20. The van der Waals surface area contributed by atoms with Crippen molar-refractivity contribution in [2.75, 3.05) is 0 Å². The first-order valence-corrected chi connectivity index (χ1v) is 8.20. The number of aromatic nitrogens is 2. The summed E-state index contributed by atoms with van der Waals surface area (Å²) >= 11 is 0. The zero-order valence-electron chi connectivity index (χ0n) is 14.4. The van der Waals surface area contributed by atoms with Crippen molar-refractivity contribution in [2.45, 2.75) is 52.5 Å². The molecule has 0 aromatic carbocycles. The fourth-order valence-electron chi connectivity index (χ4n) is 3.25. The molecule has 0 aliphatic heterocycles. The predicted molar refractivity (Wildman–Crippen MR) is 86.6 cm³/mol. The minimum atomic E-state index is -0.744. The highest BCUT2D eigenvalue weighted by molar-refractivity contribution is 5.79. The van der Waals surface area contributed by atoms with Crippen molar-refractivity contribution in [3.63, 3.8) is 0 Å². The van der Waals surface area contributed by atoms with Gasteiger partial charge in [0.15, 0.2) is 0 Å². The second-order valence-corrected chi connectivity index (χ2v) is 7.64. The third-order valence-electron chi connectivity index (χ3n) is 4.66. The van der Waals surface area contributed by atoms with Crippen molar-refractivity contribution in [1.82, 2.24) is 15.1 Å². The van der Waals surface area contributed by atoms with Gasteiger partial charge in [0.2, 0.25) is 5.91 Å². The molecule has 0 radical (unpaired) electrons. The van der Waals surface area contributed by atoms with Gasteiger partial charge in [-0.15, -0.1) is 0 Å². The van der Waals surface area contributed by atoms with Gasteiger partial charge < -0.3 is 10.4 Å². The molecule has 0 bridgehead atoms. The number of carboxylic acid groups (broad SMARTS) is 1. The van der Waals surface area contributed by atoms with Crippen molar-refractivity contribution in [1.29, 1.82) is 0 Å². The summed E-state index contributed by atoms with van der Waals surface area (Å²) in [5.74, 6) is -1.10. The normalized spacial score (nSPS) is 23.3. The van der Waals surface area contributed by atoms with Gasteiger partial charge in [0.25, 0.3) is 0 Å². The number of carbonyl (C=O) groups excluding carboxylic acids is 1. The van der Waals surface area contributed by atoms with Gasteiger partial charge in [-0.3, -0.25) is 14.3 Å². The molecule has 1 aliphatic rings. The first kappa shape index (κ1) is 17.5. The standard InChI is InChI=1S/C17H27N3O3/c1-17(2,3)14(13-9-18-20(4)10-13)19-15(21)11-5-7-12(8-6-11)16(22)23/h9-12,14H,5-8H2,1-4H3,(H,19,21)(H,22,23). The second-order valence-electron chi connectivity index (χ2n) is 7.64. The van der Waals surface area contributed by atoms with Crippen LogP contribution in [-0.2, 0) is 16.6 Å². The van der Waals surface area contributed by atoms with Crippen molar-refractivity contribution in [3.8, 4) is 0 Å². The Morgan fingerprint density at radius 2 is 1.83 bits per heavy atom. The molecular weight excluding hydrogens is 294 g/mol. The Labute approximate surface area is 137 Å². The van der Waals surface area contributed by atoms with Crippen LogP contribution in [0.2, 0.25) is 0 Å². The van der Waals surface area contributed by atoms with Crippen LogP contribution < -0.4 is 5.32 Å². The van der Waals surface area contributed by atoms with E-state index in [1.165, 1.54) is 0 Å². The molecular formula is C17H27N3O3. The zero-order valence-corrected chi connectivity index (χ0v) is 14.4. The van der Waals surface area contributed by atoms with E-state index >= 15 is 0 Å². The Hall–Kier alpha value is -1.85. The van der Waals surface area contributed by atoms with E-state index < -0.39 is 5.97 Å². The fraction of sp³-hybridized carbons (Fsp3) is 0.706. The Morgan fingerprint density at radius 1 is 1.26 bits per heavy atom. The topological polar surface area (TPSA) is 84.2 Å². The maximum absolute atomic E-state index is 12.6. The molecule has 1 heterocycles. The molecule has 128 valence electrons. The lowest BCUT2D eigenvalue weighted by Crippen LogP contribution is -2.41. The molecule has 2 rings (SSSR count). The lowest BCUT2D eigenvalue weighted by atomic mass is 9.80. The third-order valence-corrected chi connectivity index (χ3v) is 4.66. The van der Waals surface area contributed by atoms with Crippen LogP contribution in [0.1, 0.15) is 58.1 Å². The highest BCUT2D eigenvalue weighted by Gasteiger charge is 2.34. The monoisotopic (exact) mass is 321 g/mol. The van der Waals surface area contributed by atoms with Gasteiger partial charge in [0.05, 0.1) is 18.2 Å². The maximum Gasteiger partial charge on any atom is 0.306 e. The van der Waals surface area contributed by atoms with Crippen LogP contribution in [0.15, 0.2) is 12.4 Å². The Balaban J connectivity index is 2.03. The number of aliphatic carboxylic acids is 1. The molecule has 0 spiro atoms. The molecule has 1 unspecified atom stereocenters. The second kappa shape index (κ2) is 6.72. The highest BCUT2D eigenvalue weighted by atomic mass is 16.4. The Morgan fingerprint density at radius 3 is 2.26 bits per heavy atom. The highest BCUT2D eigenvalue weighted by Crippen LogP contribution is 2.34. The van der Waals surface area contributed by atoms with E-state index in [0.717, 1.165) is 5.56 Å². The minimum absolute atomic E-state index is 0.0256. The van der Waals surface area contributed by atoms with E-state index in [2.05, 4.69) is 31.2 Å². The van der Waals surface area contributed by atoms with Gasteiger partial charge in [0.1, 0.15) is 0 Å². The fourth-order valence-corrected chi connectivity index (χ4v) is 3.25. The summed E-state index contributed by atoms with van der Waals surface area (Å²) < 4.78 is 1.73. The quantitative estimate of drug-likeness (QED) is 0.892. The molecule has 1 aliphatic carbocycles. The number of hydrogen-bond acceptors (Lipinski definition) is 3. The number of carboxylic acids is 1. The molecule has 1 atom stereocenters. The van der Waals surface area contributed by atoms with Crippen molar-refractivity contribution >= 4 is 11.9 Å². The summed E-state index contributed by atoms with van der Waals surface area (Å²) in [6.07, 6.45) is 6.18. The Bertz CT molecular complexity index is 566. The van der Waals surface area contributed by atoms with Gasteiger partial charge in [-0.05, 0) is 31.1 Å². The summed E-state index contributed by atoms with van der Waals surface area (Å²) in [6, 6.07) is -0.110. The van der Waals surface area contributed by atoms with Gasteiger partial charge in [-0.2, -0.15) is 5.10 Å². The number of nitrogens with zero attached hydrogens (tertiary/aromatic N) is 2. The molecule has 1 saturated carbocycles. The number of carbonyl (C=O) groups is 2. The summed E-state index contributed by atoms with van der Waals surface area (Å²) in [5, 5.41) is 16.4. The summed E-state index contributed by atoms with van der Waals surface area (Å²) in [6.45, 7) is 6.27. The van der Waals surface area contributed by atoms with Gasteiger partial charge in [-0.1, -0.05) is 20.8 Å². The van der Waals surface area contributed by atoms with E-state index in [1.807, 2.05) is 13.2 Å². The largest absolute Gasteiger partial charge is 0.481 e. The van der Waals surface area contributed by atoms with Gasteiger partial charge in [-0.25, -0.2) is 0 Å². The number of nitrogens with one attached hydrogen (secondary N) is 1. The minimum Gasteiger partial charge on any atom is -0.481 e. The summed E-state index contributed by atoms with van der Waals surface area (Å²) in [5.41, 5.74) is 0.865. The van der Waals surface area contributed by atoms with Crippen molar-refractivity contribution < 1.29 is 14.7 Å². The van der Waals surface area contributed by atoms with E-state index in [-0.39, 0.29) is 29.2 Å². The van der Waals surface area contributed by atoms with Crippen LogP contribution in [0.3, 0.4) is 0 Å². The van der Waals surface area contributed by atoms with Crippen LogP contribution >= 0.6 is 0 Å². The molecule has 1 amide bonds. The van der Waals surface area contributed by atoms with E-state index in [4.69, 9.17) is 5.11 Å². The number of amides is 1. The molecule has 23 heavy (non-hydrogen) atoms. The van der Waals surface area contributed by atoms with E-state index in [0.29, 0.717) is 25.7 Å². The van der Waals surface area contributed by atoms with Gasteiger partial charge in [0, 0.05) is 24.7 Å². The number of aryl methyl sites for hydroxylation is 1. The van der Waals surface area contributed by atoms with E-state index in [1.54, 1.807) is 10.9 Å². The molecule has 1 aromatic rings. The lowest BCUT2D eigenvalue weighted by Gasteiger charge is -2.33. The molecule has 6 heteroatoms. The van der Waals surface area contributed by atoms with Crippen LogP contribution in [0.4, 0.5) is 0 Å². The van der Waals surface area contributed by atoms with E-state index in [9.17, 15) is 9.59 Å². The Kier molecular flexibility index (Phi) is 5.12. The molecule has 1 aromatic heterocycles. The van der Waals surface area contributed by atoms with Crippen LogP contribution in [0, 0.1) is 17.3 Å². The van der Waals surface area contributed by atoms with Crippen LogP contribution in [0.5, 0.6) is 0 Å². The third kappa shape index (κ3) is 4.33.